The van der Waals surface area contributed by atoms with E-state index in [2.05, 4.69) is 42.0 Å². The molecule has 1 amide bonds. The lowest BCUT2D eigenvalue weighted by Gasteiger charge is -2.30. The molecule has 1 fully saturated rings. The molecule has 1 rings (SSSR count). The Labute approximate surface area is 120 Å². The monoisotopic (exact) mass is 317 g/mol. The molecule has 0 radical (unpaired) electrons. The van der Waals surface area contributed by atoms with Crippen molar-refractivity contribution in [1.82, 2.24) is 5.32 Å². The van der Waals surface area contributed by atoms with Crippen LogP contribution in [0.4, 0.5) is 0 Å². The van der Waals surface area contributed by atoms with E-state index in [-0.39, 0.29) is 11.3 Å². The van der Waals surface area contributed by atoms with Crippen molar-refractivity contribution < 1.29 is 4.79 Å². The van der Waals surface area contributed by atoms with Crippen LogP contribution in [-0.2, 0) is 4.79 Å². The summed E-state index contributed by atoms with van der Waals surface area (Å²) in [7, 11) is 0. The third-order valence-electron chi connectivity index (χ3n) is 3.93. The Morgan fingerprint density at radius 1 is 1.22 bits per heavy atom. The molecule has 1 N–H and O–H groups in total. The van der Waals surface area contributed by atoms with E-state index < -0.39 is 0 Å². The molecule has 0 aromatic carbocycles. The summed E-state index contributed by atoms with van der Waals surface area (Å²) in [5, 5.41) is 4.21. The molecule has 0 bridgehead atoms. The van der Waals surface area contributed by atoms with Crippen LogP contribution in [0.25, 0.3) is 0 Å². The summed E-state index contributed by atoms with van der Waals surface area (Å²) in [5.41, 5.74) is 0.251. The van der Waals surface area contributed by atoms with Crippen LogP contribution in [0.5, 0.6) is 0 Å². The summed E-state index contributed by atoms with van der Waals surface area (Å²) in [4.78, 5) is 11.8. The van der Waals surface area contributed by atoms with Crippen LogP contribution in [0, 0.1) is 17.3 Å². The molecule has 0 saturated heterocycles. The highest BCUT2D eigenvalue weighted by atomic mass is 79.9. The maximum atomic E-state index is 11.8. The van der Waals surface area contributed by atoms with Crippen molar-refractivity contribution in [1.29, 1.82) is 0 Å². The smallest absolute Gasteiger partial charge is 0.220 e. The fraction of sp³-hybridized carbons (Fsp3) is 0.933. The van der Waals surface area contributed by atoms with Gasteiger partial charge in [0, 0.05) is 18.3 Å². The van der Waals surface area contributed by atoms with E-state index in [0.717, 1.165) is 24.2 Å². The molecule has 0 aromatic rings. The molecule has 1 aliphatic rings. The number of hydrogen-bond acceptors (Lipinski definition) is 1. The normalized spacial score (nSPS) is 24.9. The predicted molar refractivity (Wildman–Crippen MR) is 80.9 cm³/mol. The molecule has 106 valence electrons. The van der Waals surface area contributed by atoms with Crippen LogP contribution in [0.2, 0.25) is 0 Å². The maximum absolute atomic E-state index is 11.8. The Morgan fingerprint density at radius 3 is 2.39 bits per heavy atom. The van der Waals surface area contributed by atoms with Crippen molar-refractivity contribution in [3.05, 3.63) is 0 Å². The second kappa shape index (κ2) is 7.52. The molecule has 1 saturated carbocycles. The summed E-state index contributed by atoms with van der Waals surface area (Å²) in [6, 6.07) is 0. The lowest BCUT2D eigenvalue weighted by atomic mass is 9.80. The topological polar surface area (TPSA) is 29.1 Å². The van der Waals surface area contributed by atoms with Gasteiger partial charge >= 0.3 is 0 Å². The summed E-state index contributed by atoms with van der Waals surface area (Å²) >= 11 is 3.60. The number of rotatable bonds is 5. The molecule has 2 nitrogen and oxygen atoms in total. The first-order valence-electron chi connectivity index (χ1n) is 7.25. The molecular formula is C15H28BrNO. The highest BCUT2D eigenvalue weighted by Gasteiger charge is 2.24. The average molecular weight is 318 g/mol. The molecule has 0 spiro atoms. The molecule has 0 heterocycles. The van der Waals surface area contributed by atoms with E-state index in [9.17, 15) is 4.79 Å². The first kappa shape index (κ1) is 16.0. The zero-order chi connectivity index (χ0) is 13.6. The lowest BCUT2D eigenvalue weighted by Crippen LogP contribution is -2.35. The first-order valence-corrected chi connectivity index (χ1v) is 8.37. The van der Waals surface area contributed by atoms with Crippen LogP contribution in [0.3, 0.4) is 0 Å². The number of amides is 1. The van der Waals surface area contributed by atoms with Gasteiger partial charge in [0.15, 0.2) is 0 Å². The molecule has 1 aliphatic carbocycles. The van der Waals surface area contributed by atoms with Gasteiger partial charge in [0.25, 0.3) is 0 Å². The number of alkyl halides is 1. The van der Waals surface area contributed by atoms with Crippen molar-refractivity contribution in [3.8, 4) is 0 Å². The molecule has 18 heavy (non-hydrogen) atoms. The number of hydrogen-bond donors (Lipinski definition) is 1. The van der Waals surface area contributed by atoms with Gasteiger partial charge in [-0.3, -0.25) is 4.79 Å². The molecule has 0 aromatic heterocycles. The minimum absolute atomic E-state index is 0.226. The van der Waals surface area contributed by atoms with Crippen LogP contribution in [-0.4, -0.2) is 17.8 Å². The van der Waals surface area contributed by atoms with E-state index in [1.807, 2.05) is 0 Å². The number of carbonyl (C=O) groups is 1. The van der Waals surface area contributed by atoms with E-state index in [0.29, 0.717) is 12.3 Å². The van der Waals surface area contributed by atoms with Gasteiger partial charge in [-0.25, -0.2) is 0 Å². The predicted octanol–water partition coefficient (Wildman–Crippen LogP) is 4.13. The summed E-state index contributed by atoms with van der Waals surface area (Å²) in [5.74, 6) is 1.65. The Bertz CT molecular complexity index is 260. The standard InChI is InChI=1S/C15H28BrNO/c1-15(2,3)9-8-14(18)17-11-13-7-5-4-6-12(13)10-16/h12-13H,4-11H2,1-3H3,(H,17,18). The highest BCUT2D eigenvalue weighted by molar-refractivity contribution is 9.09. The second-order valence-corrected chi connectivity index (χ2v) is 7.47. The zero-order valence-electron chi connectivity index (χ0n) is 12.1. The van der Waals surface area contributed by atoms with Crippen molar-refractivity contribution in [2.24, 2.45) is 17.3 Å². The van der Waals surface area contributed by atoms with Gasteiger partial charge < -0.3 is 5.32 Å². The van der Waals surface area contributed by atoms with Crippen LogP contribution in [0.1, 0.15) is 59.3 Å². The molecule has 2 unspecified atom stereocenters. The minimum Gasteiger partial charge on any atom is -0.356 e. The summed E-state index contributed by atoms with van der Waals surface area (Å²) in [6.45, 7) is 7.42. The highest BCUT2D eigenvalue weighted by Crippen LogP contribution is 2.30. The van der Waals surface area contributed by atoms with E-state index >= 15 is 0 Å². The van der Waals surface area contributed by atoms with E-state index in [1.54, 1.807) is 0 Å². The van der Waals surface area contributed by atoms with Gasteiger partial charge in [0.05, 0.1) is 0 Å². The second-order valence-electron chi connectivity index (χ2n) is 6.82. The van der Waals surface area contributed by atoms with Gasteiger partial charge in [-0.2, -0.15) is 0 Å². The number of nitrogens with one attached hydrogen (secondary N) is 1. The van der Waals surface area contributed by atoms with E-state index in [4.69, 9.17) is 0 Å². The zero-order valence-corrected chi connectivity index (χ0v) is 13.7. The van der Waals surface area contributed by atoms with Gasteiger partial charge in [0.2, 0.25) is 5.91 Å². The van der Waals surface area contributed by atoms with Gasteiger partial charge in [0.1, 0.15) is 0 Å². The number of halogens is 1. The van der Waals surface area contributed by atoms with Crippen molar-refractivity contribution in [3.63, 3.8) is 0 Å². The lowest BCUT2D eigenvalue weighted by molar-refractivity contribution is -0.121. The van der Waals surface area contributed by atoms with Crippen LogP contribution >= 0.6 is 15.9 Å². The Morgan fingerprint density at radius 2 is 1.83 bits per heavy atom. The van der Waals surface area contributed by atoms with Crippen molar-refractivity contribution in [2.75, 3.05) is 11.9 Å². The summed E-state index contributed by atoms with van der Waals surface area (Å²) in [6.07, 6.45) is 6.89. The van der Waals surface area contributed by atoms with Gasteiger partial charge in [-0.05, 0) is 36.5 Å². The fourth-order valence-corrected chi connectivity index (χ4v) is 3.43. The quantitative estimate of drug-likeness (QED) is 0.759. The van der Waals surface area contributed by atoms with Crippen LogP contribution in [0.15, 0.2) is 0 Å². The third kappa shape index (κ3) is 6.21. The molecule has 2 atom stereocenters. The van der Waals surface area contributed by atoms with Crippen molar-refractivity contribution >= 4 is 21.8 Å². The van der Waals surface area contributed by atoms with Crippen LogP contribution < -0.4 is 5.32 Å². The minimum atomic E-state index is 0.226. The Hall–Kier alpha value is -0.0500. The molecule has 0 aliphatic heterocycles. The van der Waals surface area contributed by atoms with Crippen molar-refractivity contribution in [2.45, 2.75) is 59.3 Å². The molecule has 3 heteroatoms. The number of carbonyl (C=O) groups excluding carboxylic acids is 1. The maximum Gasteiger partial charge on any atom is 0.220 e. The largest absolute Gasteiger partial charge is 0.356 e. The van der Waals surface area contributed by atoms with Gasteiger partial charge in [-0.15, -0.1) is 0 Å². The fourth-order valence-electron chi connectivity index (χ4n) is 2.58. The first-order chi connectivity index (χ1) is 8.42. The average Bonchev–Trinajstić information content (AvgIpc) is 2.33. The van der Waals surface area contributed by atoms with Gasteiger partial charge in [-0.1, -0.05) is 49.5 Å². The third-order valence-corrected chi connectivity index (χ3v) is 4.76. The summed E-state index contributed by atoms with van der Waals surface area (Å²) < 4.78 is 0. The molecular weight excluding hydrogens is 290 g/mol. The Kier molecular flexibility index (Phi) is 6.68. The van der Waals surface area contributed by atoms with E-state index in [1.165, 1.54) is 25.7 Å². The Balaban J connectivity index is 2.24. The SMILES string of the molecule is CC(C)(C)CCC(=O)NCC1CCCCC1CBr.